The Bertz CT molecular complexity index is 318. The Labute approximate surface area is 70.8 Å². The highest BCUT2D eigenvalue weighted by atomic mass is 16.1. The molecule has 66 valence electrons. The summed E-state index contributed by atoms with van der Waals surface area (Å²) >= 11 is 0. The molecule has 0 aromatic carbocycles. The van der Waals surface area contributed by atoms with Gasteiger partial charge in [0.15, 0.2) is 0 Å². The van der Waals surface area contributed by atoms with Crippen LogP contribution in [0.25, 0.3) is 0 Å². The molecule has 1 atom stereocenters. The number of hydrogen-bond acceptors (Lipinski definition) is 3. The molecule has 4 heteroatoms. The molecule has 0 saturated heterocycles. The molecule has 0 aliphatic rings. The lowest BCUT2D eigenvalue weighted by Gasteiger charge is -2.06. The lowest BCUT2D eigenvalue weighted by molar-refractivity contribution is 0.730. The summed E-state index contributed by atoms with van der Waals surface area (Å²) in [5.74, 6) is 0.144. The third-order valence-corrected chi connectivity index (χ3v) is 1.76. The van der Waals surface area contributed by atoms with E-state index in [1.165, 1.54) is 0 Å². The maximum Gasteiger partial charge on any atom is 0.345 e. The number of hydrogen-bond donors (Lipinski definition) is 2. The van der Waals surface area contributed by atoms with Gasteiger partial charge in [-0.1, -0.05) is 6.92 Å². The Hall–Kier alpha value is -1.16. The molecule has 3 N–H and O–H groups in total. The zero-order valence-electron chi connectivity index (χ0n) is 7.29. The van der Waals surface area contributed by atoms with Crippen LogP contribution in [0.3, 0.4) is 0 Å². The van der Waals surface area contributed by atoms with Crippen molar-refractivity contribution in [3.05, 3.63) is 27.9 Å². The fraction of sp³-hybridized carbons (Fsp3) is 0.500. The molecule has 0 aliphatic heterocycles. The second-order valence-electron chi connectivity index (χ2n) is 2.93. The van der Waals surface area contributed by atoms with Gasteiger partial charge in [0.05, 0.1) is 5.69 Å². The van der Waals surface area contributed by atoms with E-state index < -0.39 is 0 Å². The van der Waals surface area contributed by atoms with Crippen molar-refractivity contribution in [1.82, 2.24) is 9.97 Å². The van der Waals surface area contributed by atoms with Gasteiger partial charge in [-0.05, 0) is 13.0 Å². The van der Waals surface area contributed by atoms with Gasteiger partial charge in [-0.25, -0.2) is 4.79 Å². The van der Waals surface area contributed by atoms with E-state index in [9.17, 15) is 4.79 Å². The van der Waals surface area contributed by atoms with E-state index >= 15 is 0 Å². The van der Waals surface area contributed by atoms with E-state index in [-0.39, 0.29) is 11.6 Å². The minimum Gasteiger partial charge on any atom is -0.330 e. The molecule has 0 spiro atoms. The van der Waals surface area contributed by atoms with Crippen molar-refractivity contribution >= 4 is 0 Å². The molecule has 1 rings (SSSR count). The number of nitrogens with one attached hydrogen (secondary N) is 1. The predicted molar refractivity (Wildman–Crippen MR) is 47.1 cm³/mol. The molecular weight excluding hydrogens is 154 g/mol. The van der Waals surface area contributed by atoms with E-state index in [0.717, 1.165) is 11.4 Å². The van der Waals surface area contributed by atoms with Crippen molar-refractivity contribution in [1.29, 1.82) is 0 Å². The Morgan fingerprint density at radius 2 is 2.42 bits per heavy atom. The van der Waals surface area contributed by atoms with Crippen LogP contribution in [0, 0.1) is 6.92 Å². The lowest BCUT2D eigenvalue weighted by Crippen LogP contribution is -2.18. The maximum absolute atomic E-state index is 10.9. The predicted octanol–water partition coefficient (Wildman–Crippen LogP) is 0.141. The third-order valence-electron chi connectivity index (χ3n) is 1.76. The highest BCUT2D eigenvalue weighted by Gasteiger charge is 2.05. The summed E-state index contributed by atoms with van der Waals surface area (Å²) in [4.78, 5) is 17.3. The van der Waals surface area contributed by atoms with Crippen LogP contribution in [0.5, 0.6) is 0 Å². The number of nitrogens with zero attached hydrogens (tertiary/aromatic N) is 1. The van der Waals surface area contributed by atoms with Crippen LogP contribution in [0.2, 0.25) is 0 Å². The topological polar surface area (TPSA) is 71.8 Å². The number of aromatic nitrogens is 2. The number of aromatic amines is 1. The Morgan fingerprint density at radius 1 is 1.75 bits per heavy atom. The Morgan fingerprint density at radius 3 is 2.92 bits per heavy atom. The van der Waals surface area contributed by atoms with Gasteiger partial charge in [0.2, 0.25) is 0 Å². The molecule has 0 aliphatic carbocycles. The first-order valence-electron chi connectivity index (χ1n) is 3.91. The zero-order chi connectivity index (χ0) is 9.14. The quantitative estimate of drug-likeness (QED) is 0.658. The van der Waals surface area contributed by atoms with Gasteiger partial charge in [-0.2, -0.15) is 4.98 Å². The molecule has 4 nitrogen and oxygen atoms in total. The molecule has 1 heterocycles. The first-order valence-corrected chi connectivity index (χ1v) is 3.91. The fourth-order valence-corrected chi connectivity index (χ4v) is 0.977. The summed E-state index contributed by atoms with van der Waals surface area (Å²) in [5, 5.41) is 0. The smallest absolute Gasteiger partial charge is 0.330 e. The first-order chi connectivity index (χ1) is 5.63. The van der Waals surface area contributed by atoms with Crippen LogP contribution in [0.4, 0.5) is 0 Å². The SMILES string of the molecule is Cc1cc(C(C)CN)nc(=O)[nH]1. The van der Waals surface area contributed by atoms with Gasteiger partial charge in [0, 0.05) is 18.2 Å². The first kappa shape index (κ1) is 8.93. The monoisotopic (exact) mass is 167 g/mol. The van der Waals surface area contributed by atoms with E-state index in [4.69, 9.17) is 5.73 Å². The molecule has 12 heavy (non-hydrogen) atoms. The van der Waals surface area contributed by atoms with Crippen molar-refractivity contribution in [2.24, 2.45) is 5.73 Å². The molecular formula is C8H13N3O. The highest BCUT2D eigenvalue weighted by Crippen LogP contribution is 2.08. The Balaban J connectivity index is 3.08. The highest BCUT2D eigenvalue weighted by molar-refractivity contribution is 5.10. The molecule has 0 saturated carbocycles. The number of nitrogens with two attached hydrogens (primary N) is 1. The summed E-state index contributed by atoms with van der Waals surface area (Å²) in [5.41, 5.74) is 6.74. The minimum absolute atomic E-state index is 0.144. The van der Waals surface area contributed by atoms with Crippen LogP contribution in [0.15, 0.2) is 10.9 Å². The van der Waals surface area contributed by atoms with Crippen LogP contribution < -0.4 is 11.4 Å². The van der Waals surface area contributed by atoms with Crippen molar-refractivity contribution in [3.8, 4) is 0 Å². The molecule has 1 aromatic rings. The van der Waals surface area contributed by atoms with Gasteiger partial charge in [-0.3, -0.25) is 0 Å². The van der Waals surface area contributed by atoms with Crippen molar-refractivity contribution in [2.45, 2.75) is 19.8 Å². The van der Waals surface area contributed by atoms with Gasteiger partial charge in [0.25, 0.3) is 0 Å². The molecule has 0 radical (unpaired) electrons. The Kier molecular flexibility index (Phi) is 2.60. The van der Waals surface area contributed by atoms with E-state index in [2.05, 4.69) is 9.97 Å². The lowest BCUT2D eigenvalue weighted by atomic mass is 10.1. The average molecular weight is 167 g/mol. The average Bonchev–Trinajstić information content (AvgIpc) is 2.01. The van der Waals surface area contributed by atoms with Gasteiger partial charge in [-0.15, -0.1) is 0 Å². The summed E-state index contributed by atoms with van der Waals surface area (Å²) in [6, 6.07) is 1.85. The van der Waals surface area contributed by atoms with Crippen molar-refractivity contribution in [2.75, 3.05) is 6.54 Å². The van der Waals surface area contributed by atoms with Crippen LogP contribution in [0.1, 0.15) is 24.2 Å². The molecule has 0 amide bonds. The number of rotatable bonds is 2. The minimum atomic E-state index is -0.301. The maximum atomic E-state index is 10.9. The van der Waals surface area contributed by atoms with Crippen LogP contribution in [-0.2, 0) is 0 Å². The van der Waals surface area contributed by atoms with E-state index in [0.29, 0.717) is 6.54 Å². The summed E-state index contributed by atoms with van der Waals surface area (Å²) in [6.07, 6.45) is 0. The van der Waals surface area contributed by atoms with Gasteiger partial charge < -0.3 is 10.7 Å². The van der Waals surface area contributed by atoms with Crippen LogP contribution in [-0.4, -0.2) is 16.5 Å². The van der Waals surface area contributed by atoms with E-state index in [1.807, 2.05) is 19.9 Å². The number of aryl methyl sites for hydroxylation is 1. The van der Waals surface area contributed by atoms with Crippen LogP contribution >= 0.6 is 0 Å². The van der Waals surface area contributed by atoms with Crippen molar-refractivity contribution in [3.63, 3.8) is 0 Å². The molecule has 1 unspecified atom stereocenters. The molecule has 0 fully saturated rings. The van der Waals surface area contributed by atoms with Gasteiger partial charge >= 0.3 is 5.69 Å². The second-order valence-corrected chi connectivity index (χ2v) is 2.93. The summed E-state index contributed by atoms with van der Waals surface area (Å²) in [7, 11) is 0. The van der Waals surface area contributed by atoms with Crippen molar-refractivity contribution < 1.29 is 0 Å². The molecule has 1 aromatic heterocycles. The fourth-order valence-electron chi connectivity index (χ4n) is 0.977. The largest absolute Gasteiger partial charge is 0.345 e. The second kappa shape index (κ2) is 3.49. The normalized spacial score (nSPS) is 12.9. The molecule has 0 bridgehead atoms. The van der Waals surface area contributed by atoms with Gasteiger partial charge in [0.1, 0.15) is 0 Å². The third kappa shape index (κ3) is 1.92. The summed E-state index contributed by atoms with van der Waals surface area (Å²) < 4.78 is 0. The zero-order valence-corrected chi connectivity index (χ0v) is 7.29. The number of H-pyrrole nitrogens is 1. The van der Waals surface area contributed by atoms with E-state index in [1.54, 1.807) is 0 Å². The standard InChI is InChI=1S/C8H13N3O/c1-5(4-9)7-3-6(2)10-8(12)11-7/h3,5H,4,9H2,1-2H3,(H,10,11,12). The summed E-state index contributed by atoms with van der Waals surface area (Å²) in [6.45, 7) is 4.28.